The number of halogens is 32. The summed E-state index contributed by atoms with van der Waals surface area (Å²) in [6.07, 6.45) is -60.0. The largest absolute Gasteiger partial charge is 0.857 e. The summed E-state index contributed by atoms with van der Waals surface area (Å²) in [6, 6.07) is 0. The second kappa shape index (κ2) is 20.5. The van der Waals surface area contributed by atoms with Crippen LogP contribution < -0.4 is 10.2 Å². The molecule has 0 N–H and O–H groups in total. The van der Waals surface area contributed by atoms with Crippen LogP contribution in [0.1, 0.15) is 27.7 Å². The molecular weight excluding hydrogens is 1130 g/mol. The lowest BCUT2D eigenvalue weighted by molar-refractivity contribution is -0.921. The number of alkyl halides is 32. The number of hydrogen-bond acceptors (Lipinski definition) is 8. The molecule has 69 heavy (non-hydrogen) atoms. The van der Waals surface area contributed by atoms with Crippen LogP contribution in [-0.2, 0) is 29.5 Å². The van der Waals surface area contributed by atoms with Gasteiger partial charge in [-0.25, -0.2) is 0 Å². The molecule has 0 saturated heterocycles. The molecule has 2 atom stereocenters. The van der Waals surface area contributed by atoms with Gasteiger partial charge in [-0.3, -0.25) is 9.47 Å². The van der Waals surface area contributed by atoms with Crippen molar-refractivity contribution in [3.8, 4) is 0 Å². The van der Waals surface area contributed by atoms with E-state index in [1.165, 1.54) is 40.1 Å². The smallest absolute Gasteiger partial charge is 0.471 e. The third kappa shape index (κ3) is 14.3. The number of sulfonamides is 2. The van der Waals surface area contributed by atoms with E-state index in [2.05, 4.69) is 27.7 Å². The van der Waals surface area contributed by atoms with Gasteiger partial charge >= 0.3 is 103 Å². The second-order valence-electron chi connectivity index (χ2n) is 11.9. The van der Waals surface area contributed by atoms with Crippen molar-refractivity contribution in [1.82, 2.24) is 0 Å². The number of nitrogens with zero attached hydrogens (tertiary/aromatic N) is 3. The highest BCUT2D eigenvalue weighted by Crippen LogP contribution is 2.53. The molecule has 416 valence electrons. The Bertz CT molecular complexity index is 1850. The predicted octanol–water partition coefficient (Wildman–Crippen LogP) is 8.41. The fourth-order valence-electron chi connectivity index (χ4n) is 3.34. The van der Waals surface area contributed by atoms with Crippen LogP contribution in [0.25, 0.3) is 0 Å². The first-order chi connectivity index (χ1) is 29.4. The average Bonchev–Trinajstić information content (AvgIpc) is 3.09. The van der Waals surface area contributed by atoms with Crippen LogP contribution in [0.5, 0.6) is 0 Å². The Morgan fingerprint density at radius 1 is 0.377 bits per heavy atom. The molecule has 0 aromatic heterocycles. The first-order valence-electron chi connectivity index (χ1n) is 15.8. The molecule has 0 radical (unpaired) electrons. The van der Waals surface area contributed by atoms with Crippen molar-refractivity contribution in [1.29, 1.82) is 0 Å². The summed E-state index contributed by atoms with van der Waals surface area (Å²) in [7, 11) is -15.9. The molecule has 45 heteroatoms. The highest BCUT2D eigenvalue weighted by molar-refractivity contribution is 7.91. The van der Waals surface area contributed by atoms with Crippen molar-refractivity contribution in [3.05, 3.63) is 0 Å². The molecule has 0 rings (SSSR count). The Kier molecular flexibility index (Phi) is 20.8. The standard InChI is InChI=1S/2C8HF16NO4S.C8H20N/c2*9-2(4(12,13)14,29-7(21,22)3(10,11)5(15,16)17)1(26)25-30(27,28)8(23,24)6(18,19)20;1-5-9(6-2,7-3)8-4/h2*(H,25,26);5-8H2,1-4H3/q;;+1/p-2. The van der Waals surface area contributed by atoms with E-state index in [-0.39, 0.29) is 0 Å². The molecule has 0 bridgehead atoms. The van der Waals surface area contributed by atoms with Crippen LogP contribution in [0.2, 0.25) is 0 Å². The molecule has 0 aliphatic carbocycles. The van der Waals surface area contributed by atoms with Crippen molar-refractivity contribution < 1.29 is 181 Å². The molecule has 0 aliphatic heterocycles. The van der Waals surface area contributed by atoms with E-state index in [0.29, 0.717) is 8.80 Å². The second-order valence-corrected chi connectivity index (χ2v) is 15.2. The highest BCUT2D eigenvalue weighted by atomic mass is 32.2. The monoisotopic (exact) mass is 1150 g/mol. The molecule has 0 aromatic carbocycles. The van der Waals surface area contributed by atoms with Crippen molar-refractivity contribution in [2.75, 3.05) is 26.2 Å². The van der Waals surface area contributed by atoms with Gasteiger partial charge in [0, 0.05) is 0 Å². The lowest BCUT2D eigenvalue weighted by atomic mass is 10.2. The minimum Gasteiger partial charge on any atom is -0.857 e. The quantitative estimate of drug-likeness (QED) is 0.0646. The maximum Gasteiger partial charge on any atom is 0.471 e. The third-order valence-corrected chi connectivity index (χ3v) is 10.2. The van der Waals surface area contributed by atoms with Crippen LogP contribution >= 0.6 is 0 Å². The van der Waals surface area contributed by atoms with Crippen LogP contribution in [0.15, 0.2) is 8.80 Å². The van der Waals surface area contributed by atoms with Gasteiger partial charge < -0.3 is 14.7 Å². The SMILES string of the molecule is CC[N+](CC)(CC)CC.O=S(=O)(N=C([O-])C(F)(OC(F)(F)C(F)(F)C(F)(F)F)C(F)(F)F)C(F)(F)C(F)(F)F.O=S(=O)(N=C([O-])C(F)(OC(F)(F)C(F)(F)C(F)(F)F)C(F)(F)F)C(F)(F)C(F)(F)F. The zero-order valence-corrected chi connectivity index (χ0v) is 34.0. The summed E-state index contributed by atoms with van der Waals surface area (Å²) < 4.78 is 443. The Morgan fingerprint density at radius 3 is 0.681 bits per heavy atom. The van der Waals surface area contributed by atoms with Gasteiger partial charge in [0.25, 0.3) is 0 Å². The number of rotatable bonds is 16. The molecule has 0 saturated carbocycles. The normalized spacial score (nSPS) is 17.5. The average molecular weight is 1150 g/mol. The van der Waals surface area contributed by atoms with Gasteiger partial charge in [-0.1, -0.05) is 0 Å². The topological polar surface area (TPSA) is 158 Å². The van der Waals surface area contributed by atoms with E-state index in [4.69, 9.17) is 0 Å². The molecule has 0 fully saturated rings. The summed E-state index contributed by atoms with van der Waals surface area (Å²) in [6.45, 7) is 14.2. The van der Waals surface area contributed by atoms with Crippen molar-refractivity contribution in [2.24, 2.45) is 8.80 Å². The minimum atomic E-state index is -7.94. The summed E-state index contributed by atoms with van der Waals surface area (Å²) >= 11 is 0. The van der Waals surface area contributed by atoms with Gasteiger partial charge in [0.05, 0.1) is 38.0 Å². The van der Waals surface area contributed by atoms with E-state index in [0.717, 1.165) is 0 Å². The lowest BCUT2D eigenvalue weighted by Gasteiger charge is -2.37. The van der Waals surface area contributed by atoms with E-state index in [9.17, 15) is 168 Å². The van der Waals surface area contributed by atoms with Gasteiger partial charge in [-0.2, -0.15) is 166 Å². The molecule has 2 unspecified atom stereocenters. The van der Waals surface area contributed by atoms with Crippen LogP contribution in [-0.4, -0.2) is 143 Å². The molecule has 0 heterocycles. The summed E-state index contributed by atoms with van der Waals surface area (Å²) in [5.41, 5.74) is 0. The molecule has 0 aliphatic rings. The van der Waals surface area contributed by atoms with E-state index in [1.807, 2.05) is 0 Å². The van der Waals surface area contributed by atoms with Crippen LogP contribution in [0.3, 0.4) is 0 Å². The summed E-state index contributed by atoms with van der Waals surface area (Å²) in [5.74, 6) is -39.6. The minimum absolute atomic E-state index is 0.398. The van der Waals surface area contributed by atoms with Gasteiger partial charge in [-0.15, -0.1) is 0 Å². The Balaban J connectivity index is -0.00000107. The molecular formula is C24H20F32N3O8S2-. The summed E-state index contributed by atoms with van der Waals surface area (Å²) in [4.78, 5) is 0. The molecule has 0 spiro atoms. The number of ether oxygens (including phenoxy) is 2. The zero-order chi connectivity index (χ0) is 57.3. The van der Waals surface area contributed by atoms with E-state index < -0.39 is 115 Å². The zero-order valence-electron chi connectivity index (χ0n) is 32.3. The number of hydrogen-bond donors (Lipinski definition) is 0. The van der Waals surface area contributed by atoms with Crippen molar-refractivity contribution >= 4 is 31.8 Å². The fraction of sp³-hybridized carbons (Fsp3) is 0.917. The fourth-order valence-corrected chi connectivity index (χ4v) is 4.83. The van der Waals surface area contributed by atoms with E-state index >= 15 is 0 Å². The third-order valence-electron chi connectivity index (χ3n) is 7.66. The molecule has 0 amide bonds. The van der Waals surface area contributed by atoms with Crippen molar-refractivity contribution in [3.63, 3.8) is 0 Å². The molecule has 0 aromatic rings. The Morgan fingerprint density at radius 2 is 0.565 bits per heavy atom. The van der Waals surface area contributed by atoms with Crippen LogP contribution in [0.4, 0.5) is 140 Å². The van der Waals surface area contributed by atoms with Gasteiger partial charge in [0.1, 0.15) is 0 Å². The van der Waals surface area contributed by atoms with Gasteiger partial charge in [0.2, 0.25) is 0 Å². The van der Waals surface area contributed by atoms with E-state index in [1.54, 1.807) is 0 Å². The maximum absolute atomic E-state index is 13.6. The van der Waals surface area contributed by atoms with Gasteiger partial charge in [-0.05, 0) is 27.7 Å². The Labute approximate surface area is 360 Å². The van der Waals surface area contributed by atoms with Gasteiger partial charge in [0.15, 0.2) is 0 Å². The molecule has 11 nitrogen and oxygen atoms in total. The summed E-state index contributed by atoms with van der Waals surface area (Å²) in [5, 5.41) is 7.13. The Hall–Kier alpha value is -3.52. The van der Waals surface area contributed by atoms with Crippen molar-refractivity contribution in [2.45, 2.75) is 111 Å². The first-order valence-corrected chi connectivity index (χ1v) is 18.6. The lowest BCUT2D eigenvalue weighted by Crippen LogP contribution is -2.64. The maximum atomic E-state index is 13.6. The highest BCUT2D eigenvalue weighted by Gasteiger charge is 2.80. The number of quaternary nitrogens is 1. The van der Waals surface area contributed by atoms with Crippen LogP contribution in [0, 0.1) is 0 Å². The predicted molar refractivity (Wildman–Crippen MR) is 151 cm³/mol. The first kappa shape index (κ1) is 69.7.